The van der Waals surface area contributed by atoms with Crippen molar-refractivity contribution < 1.29 is 4.74 Å². The highest BCUT2D eigenvalue weighted by Crippen LogP contribution is 2.26. The standard InChI is InChI=1S/C12H22O/c1-4-5-9-13-12-10(2)7-6-8-11(12)3/h7,11-12H,4-6,8-9H2,1-3H3. The normalized spacial score (nSPS) is 28.7. The molecule has 0 N–H and O–H groups in total. The van der Waals surface area contributed by atoms with E-state index < -0.39 is 0 Å². The molecule has 0 aliphatic heterocycles. The summed E-state index contributed by atoms with van der Waals surface area (Å²) in [5.74, 6) is 0.710. The van der Waals surface area contributed by atoms with Crippen LogP contribution < -0.4 is 0 Å². The van der Waals surface area contributed by atoms with Gasteiger partial charge in [-0.05, 0) is 37.7 Å². The average molecular weight is 182 g/mol. The molecule has 0 bridgehead atoms. The zero-order chi connectivity index (χ0) is 9.68. The lowest BCUT2D eigenvalue weighted by Crippen LogP contribution is -2.26. The van der Waals surface area contributed by atoms with Gasteiger partial charge >= 0.3 is 0 Å². The molecule has 0 amide bonds. The second kappa shape index (κ2) is 5.43. The third-order valence-corrected chi connectivity index (χ3v) is 2.85. The summed E-state index contributed by atoms with van der Waals surface area (Å²) in [5, 5.41) is 0. The van der Waals surface area contributed by atoms with Gasteiger partial charge in [0.15, 0.2) is 0 Å². The summed E-state index contributed by atoms with van der Waals surface area (Å²) in [5.41, 5.74) is 1.44. The predicted molar refractivity (Wildman–Crippen MR) is 56.8 cm³/mol. The smallest absolute Gasteiger partial charge is 0.0807 e. The van der Waals surface area contributed by atoms with Gasteiger partial charge in [0.1, 0.15) is 0 Å². The molecule has 0 saturated heterocycles. The summed E-state index contributed by atoms with van der Waals surface area (Å²) in [7, 11) is 0. The van der Waals surface area contributed by atoms with Crippen LogP contribution in [0.15, 0.2) is 11.6 Å². The molecular weight excluding hydrogens is 160 g/mol. The summed E-state index contributed by atoms with van der Waals surface area (Å²) in [4.78, 5) is 0. The maximum atomic E-state index is 5.88. The summed E-state index contributed by atoms with van der Waals surface area (Å²) >= 11 is 0. The van der Waals surface area contributed by atoms with Crippen molar-refractivity contribution in [3.05, 3.63) is 11.6 Å². The van der Waals surface area contributed by atoms with Crippen molar-refractivity contribution in [1.29, 1.82) is 0 Å². The first kappa shape index (κ1) is 10.8. The number of unbranched alkanes of at least 4 members (excludes halogenated alkanes) is 1. The Morgan fingerprint density at radius 2 is 2.31 bits per heavy atom. The van der Waals surface area contributed by atoms with Gasteiger partial charge in [0.25, 0.3) is 0 Å². The minimum atomic E-state index is 0.403. The molecule has 0 spiro atoms. The average Bonchev–Trinajstić information content (AvgIpc) is 2.10. The first-order valence-electron chi connectivity index (χ1n) is 5.54. The van der Waals surface area contributed by atoms with Gasteiger partial charge < -0.3 is 4.74 Å². The van der Waals surface area contributed by atoms with Crippen LogP contribution in [0.4, 0.5) is 0 Å². The van der Waals surface area contributed by atoms with Crippen LogP contribution in [0, 0.1) is 5.92 Å². The zero-order valence-electron chi connectivity index (χ0n) is 9.18. The molecule has 0 radical (unpaired) electrons. The number of hydrogen-bond acceptors (Lipinski definition) is 1. The van der Waals surface area contributed by atoms with Gasteiger partial charge in [-0.25, -0.2) is 0 Å². The summed E-state index contributed by atoms with van der Waals surface area (Å²) in [6, 6.07) is 0. The van der Waals surface area contributed by atoms with Crippen LogP contribution >= 0.6 is 0 Å². The van der Waals surface area contributed by atoms with E-state index in [1.165, 1.54) is 31.3 Å². The molecule has 0 fully saturated rings. The van der Waals surface area contributed by atoms with Gasteiger partial charge in [-0.15, -0.1) is 0 Å². The molecule has 1 rings (SSSR count). The van der Waals surface area contributed by atoms with Gasteiger partial charge in [-0.3, -0.25) is 0 Å². The topological polar surface area (TPSA) is 9.23 Å². The Balaban J connectivity index is 2.36. The molecule has 2 unspecified atom stereocenters. The Bertz CT molecular complexity index is 172. The molecule has 76 valence electrons. The Labute approximate surface area is 82.2 Å². The lowest BCUT2D eigenvalue weighted by atomic mass is 9.88. The SMILES string of the molecule is CCCCOC1C(C)=CCCC1C. The second-order valence-electron chi connectivity index (χ2n) is 4.15. The van der Waals surface area contributed by atoms with Crippen LogP contribution in [-0.4, -0.2) is 12.7 Å². The van der Waals surface area contributed by atoms with Crippen LogP contribution in [0.25, 0.3) is 0 Å². The Kier molecular flexibility index (Phi) is 4.51. The van der Waals surface area contributed by atoms with Crippen molar-refractivity contribution >= 4 is 0 Å². The van der Waals surface area contributed by atoms with E-state index in [1.807, 2.05) is 0 Å². The molecule has 1 aliphatic carbocycles. The Morgan fingerprint density at radius 1 is 1.54 bits per heavy atom. The summed E-state index contributed by atoms with van der Waals surface area (Å²) < 4.78 is 5.88. The lowest BCUT2D eigenvalue weighted by Gasteiger charge is -2.28. The van der Waals surface area contributed by atoms with Crippen LogP contribution in [0.1, 0.15) is 46.5 Å². The highest BCUT2D eigenvalue weighted by atomic mass is 16.5. The molecule has 0 heterocycles. The lowest BCUT2D eigenvalue weighted by molar-refractivity contribution is 0.0340. The molecule has 1 nitrogen and oxygen atoms in total. The number of rotatable bonds is 4. The van der Waals surface area contributed by atoms with E-state index in [9.17, 15) is 0 Å². The maximum Gasteiger partial charge on any atom is 0.0807 e. The first-order valence-corrected chi connectivity index (χ1v) is 5.54. The highest BCUT2D eigenvalue weighted by molar-refractivity contribution is 5.10. The Morgan fingerprint density at radius 3 is 2.92 bits per heavy atom. The van der Waals surface area contributed by atoms with E-state index in [1.54, 1.807) is 0 Å². The summed E-state index contributed by atoms with van der Waals surface area (Å²) in [6.07, 6.45) is 7.67. The quantitative estimate of drug-likeness (QED) is 0.477. The van der Waals surface area contributed by atoms with Crippen molar-refractivity contribution in [2.45, 2.75) is 52.6 Å². The van der Waals surface area contributed by atoms with Gasteiger partial charge in [-0.1, -0.05) is 26.3 Å². The third-order valence-electron chi connectivity index (χ3n) is 2.85. The molecular formula is C12H22O. The first-order chi connectivity index (χ1) is 6.25. The monoisotopic (exact) mass is 182 g/mol. The Hall–Kier alpha value is -0.300. The minimum Gasteiger partial charge on any atom is -0.374 e. The van der Waals surface area contributed by atoms with Gasteiger partial charge in [0, 0.05) is 6.61 Å². The summed E-state index contributed by atoms with van der Waals surface area (Å²) in [6.45, 7) is 7.63. The molecule has 0 aromatic rings. The fourth-order valence-electron chi connectivity index (χ4n) is 1.94. The van der Waals surface area contributed by atoms with Crippen molar-refractivity contribution in [3.63, 3.8) is 0 Å². The molecule has 13 heavy (non-hydrogen) atoms. The largest absolute Gasteiger partial charge is 0.374 e. The fourth-order valence-corrected chi connectivity index (χ4v) is 1.94. The van der Waals surface area contributed by atoms with Crippen LogP contribution in [0.5, 0.6) is 0 Å². The molecule has 1 heteroatoms. The van der Waals surface area contributed by atoms with E-state index in [0.717, 1.165) is 6.61 Å². The van der Waals surface area contributed by atoms with Crippen LogP contribution in [0.3, 0.4) is 0 Å². The predicted octanol–water partition coefficient (Wildman–Crippen LogP) is 3.55. The highest BCUT2D eigenvalue weighted by Gasteiger charge is 2.21. The van der Waals surface area contributed by atoms with E-state index in [2.05, 4.69) is 26.8 Å². The third kappa shape index (κ3) is 3.15. The number of allylic oxidation sites excluding steroid dienone is 1. The van der Waals surface area contributed by atoms with E-state index >= 15 is 0 Å². The van der Waals surface area contributed by atoms with E-state index in [-0.39, 0.29) is 0 Å². The van der Waals surface area contributed by atoms with E-state index in [4.69, 9.17) is 4.74 Å². The van der Waals surface area contributed by atoms with Gasteiger partial charge in [0.2, 0.25) is 0 Å². The zero-order valence-corrected chi connectivity index (χ0v) is 9.18. The van der Waals surface area contributed by atoms with Crippen LogP contribution in [0.2, 0.25) is 0 Å². The molecule has 0 saturated carbocycles. The van der Waals surface area contributed by atoms with Crippen molar-refractivity contribution in [1.82, 2.24) is 0 Å². The van der Waals surface area contributed by atoms with Crippen molar-refractivity contribution in [3.8, 4) is 0 Å². The molecule has 0 aromatic carbocycles. The number of ether oxygens (including phenoxy) is 1. The molecule has 1 aliphatic rings. The maximum absolute atomic E-state index is 5.88. The molecule has 2 atom stereocenters. The van der Waals surface area contributed by atoms with Crippen molar-refractivity contribution in [2.24, 2.45) is 5.92 Å². The minimum absolute atomic E-state index is 0.403. The van der Waals surface area contributed by atoms with Gasteiger partial charge in [-0.2, -0.15) is 0 Å². The van der Waals surface area contributed by atoms with Crippen molar-refractivity contribution in [2.75, 3.05) is 6.61 Å². The number of hydrogen-bond donors (Lipinski definition) is 0. The van der Waals surface area contributed by atoms with E-state index in [0.29, 0.717) is 12.0 Å². The van der Waals surface area contributed by atoms with Gasteiger partial charge in [0.05, 0.1) is 6.10 Å². The second-order valence-corrected chi connectivity index (χ2v) is 4.15. The van der Waals surface area contributed by atoms with Crippen LogP contribution in [-0.2, 0) is 4.74 Å². The molecule has 0 aromatic heterocycles. The fraction of sp³-hybridized carbons (Fsp3) is 0.833.